The van der Waals surface area contributed by atoms with Crippen LogP contribution in [0.5, 0.6) is 0 Å². The minimum Gasteiger partial charge on any atom is -0.356 e. The fourth-order valence-corrected chi connectivity index (χ4v) is 4.28. The molecular formula is C23H39IN6O. The van der Waals surface area contributed by atoms with Crippen molar-refractivity contribution in [2.45, 2.75) is 64.5 Å². The van der Waals surface area contributed by atoms with Gasteiger partial charge in [0, 0.05) is 45.0 Å². The Morgan fingerprint density at radius 2 is 1.87 bits per heavy atom. The van der Waals surface area contributed by atoms with Crippen LogP contribution in [0.1, 0.15) is 51.1 Å². The lowest BCUT2D eigenvalue weighted by molar-refractivity contribution is -0.127. The number of piperidine rings is 1. The molecule has 174 valence electrons. The minimum absolute atomic E-state index is 0. The first-order chi connectivity index (χ1) is 14.4. The zero-order chi connectivity index (χ0) is 21.5. The third-order valence-electron chi connectivity index (χ3n) is 6.34. The van der Waals surface area contributed by atoms with E-state index in [-0.39, 0.29) is 36.4 Å². The SMILES string of the molecule is Cc1cccc(N2CCC(NC(=NCC(=O)N(C)C)NC3CCCCC3C)CC2)n1.I. The summed E-state index contributed by atoms with van der Waals surface area (Å²) in [4.78, 5) is 25.3. The number of likely N-dealkylation sites (N-methyl/N-ethyl adjacent to an activating group) is 1. The van der Waals surface area contributed by atoms with Crippen LogP contribution in [-0.2, 0) is 4.79 Å². The number of aryl methyl sites for hydroxylation is 1. The van der Waals surface area contributed by atoms with E-state index in [2.05, 4.69) is 44.6 Å². The van der Waals surface area contributed by atoms with Gasteiger partial charge in [-0.25, -0.2) is 9.98 Å². The van der Waals surface area contributed by atoms with Crippen molar-refractivity contribution in [2.75, 3.05) is 38.6 Å². The number of halogens is 1. The fourth-order valence-electron chi connectivity index (χ4n) is 4.28. The Hall–Kier alpha value is -1.58. The molecule has 0 bridgehead atoms. The smallest absolute Gasteiger partial charge is 0.243 e. The summed E-state index contributed by atoms with van der Waals surface area (Å²) < 4.78 is 0. The Balaban J connectivity index is 0.00000341. The van der Waals surface area contributed by atoms with Gasteiger partial charge < -0.3 is 20.4 Å². The van der Waals surface area contributed by atoms with E-state index in [1.807, 2.05) is 13.0 Å². The lowest BCUT2D eigenvalue weighted by atomic mass is 9.86. The van der Waals surface area contributed by atoms with Crippen molar-refractivity contribution in [1.29, 1.82) is 0 Å². The third kappa shape index (κ3) is 7.80. The van der Waals surface area contributed by atoms with Crippen LogP contribution < -0.4 is 15.5 Å². The van der Waals surface area contributed by atoms with Crippen molar-refractivity contribution in [2.24, 2.45) is 10.9 Å². The number of anilines is 1. The largest absolute Gasteiger partial charge is 0.356 e. The number of carbonyl (C=O) groups excluding carboxylic acids is 1. The third-order valence-corrected chi connectivity index (χ3v) is 6.34. The average molecular weight is 543 g/mol. The maximum absolute atomic E-state index is 12.1. The van der Waals surface area contributed by atoms with Crippen molar-refractivity contribution in [3.8, 4) is 0 Å². The number of guanidine groups is 1. The molecule has 8 heteroatoms. The van der Waals surface area contributed by atoms with Crippen LogP contribution in [0.15, 0.2) is 23.2 Å². The summed E-state index contributed by atoms with van der Waals surface area (Å²) >= 11 is 0. The van der Waals surface area contributed by atoms with Gasteiger partial charge >= 0.3 is 0 Å². The number of hydrogen-bond donors (Lipinski definition) is 2. The molecule has 1 aliphatic carbocycles. The zero-order valence-electron chi connectivity index (χ0n) is 19.4. The van der Waals surface area contributed by atoms with E-state index in [0.29, 0.717) is 18.0 Å². The summed E-state index contributed by atoms with van der Waals surface area (Å²) in [5.74, 6) is 2.50. The van der Waals surface area contributed by atoms with Crippen LogP contribution in [0.2, 0.25) is 0 Å². The fraction of sp³-hybridized carbons (Fsp3) is 0.696. The number of aliphatic imine (C=N–C) groups is 1. The summed E-state index contributed by atoms with van der Waals surface area (Å²) in [6.07, 6.45) is 7.04. The Kier molecular flexibility index (Phi) is 10.3. The van der Waals surface area contributed by atoms with Crippen molar-refractivity contribution in [3.63, 3.8) is 0 Å². The van der Waals surface area contributed by atoms with Crippen LogP contribution in [0.4, 0.5) is 5.82 Å². The zero-order valence-corrected chi connectivity index (χ0v) is 21.8. The molecule has 2 atom stereocenters. The van der Waals surface area contributed by atoms with E-state index >= 15 is 0 Å². The molecule has 2 heterocycles. The monoisotopic (exact) mass is 542 g/mol. The molecule has 1 amide bonds. The summed E-state index contributed by atoms with van der Waals surface area (Å²) in [6, 6.07) is 6.98. The topological polar surface area (TPSA) is 72.9 Å². The Bertz CT molecular complexity index is 733. The second-order valence-electron chi connectivity index (χ2n) is 9.01. The number of amides is 1. The van der Waals surface area contributed by atoms with Gasteiger partial charge in [-0.15, -0.1) is 24.0 Å². The lowest BCUT2D eigenvalue weighted by Gasteiger charge is -2.36. The van der Waals surface area contributed by atoms with Crippen LogP contribution >= 0.6 is 24.0 Å². The molecule has 1 saturated heterocycles. The van der Waals surface area contributed by atoms with Gasteiger partial charge in [-0.05, 0) is 50.7 Å². The molecule has 0 aromatic carbocycles. The average Bonchev–Trinajstić information content (AvgIpc) is 2.73. The Morgan fingerprint density at radius 1 is 1.16 bits per heavy atom. The van der Waals surface area contributed by atoms with E-state index in [4.69, 9.17) is 0 Å². The van der Waals surface area contributed by atoms with Gasteiger partial charge in [-0.2, -0.15) is 0 Å². The lowest BCUT2D eigenvalue weighted by Crippen LogP contribution is -2.53. The maximum atomic E-state index is 12.1. The highest BCUT2D eigenvalue weighted by Crippen LogP contribution is 2.24. The quantitative estimate of drug-likeness (QED) is 0.340. The minimum atomic E-state index is 0. The standard InChI is InChI=1S/C23H38N6O.HI/c1-17-8-5-6-10-20(17)27-23(24-16-22(30)28(3)4)26-19-12-14-29(15-13-19)21-11-7-9-18(2)25-21;/h7,9,11,17,19-20H,5-6,8,10,12-16H2,1-4H3,(H2,24,26,27);1H. The number of carbonyl (C=O) groups is 1. The first-order valence-corrected chi connectivity index (χ1v) is 11.4. The first-order valence-electron chi connectivity index (χ1n) is 11.4. The Morgan fingerprint density at radius 3 is 2.52 bits per heavy atom. The highest BCUT2D eigenvalue weighted by Gasteiger charge is 2.25. The molecule has 1 aromatic heterocycles. The van der Waals surface area contributed by atoms with Gasteiger partial charge in [0.2, 0.25) is 5.91 Å². The number of nitrogens with zero attached hydrogens (tertiary/aromatic N) is 4. The molecule has 2 aliphatic rings. The van der Waals surface area contributed by atoms with Crippen molar-refractivity contribution in [3.05, 3.63) is 23.9 Å². The molecule has 1 aromatic rings. The molecule has 7 nitrogen and oxygen atoms in total. The maximum Gasteiger partial charge on any atom is 0.243 e. The van der Waals surface area contributed by atoms with E-state index in [0.717, 1.165) is 43.4 Å². The van der Waals surface area contributed by atoms with E-state index < -0.39 is 0 Å². The molecule has 2 N–H and O–H groups in total. The summed E-state index contributed by atoms with van der Waals surface area (Å²) in [7, 11) is 3.55. The van der Waals surface area contributed by atoms with Gasteiger partial charge in [-0.1, -0.05) is 25.8 Å². The number of nitrogens with one attached hydrogen (secondary N) is 2. The normalized spacial score (nSPS) is 22.5. The molecule has 2 fully saturated rings. The van der Waals surface area contributed by atoms with Crippen molar-refractivity contribution >= 4 is 41.7 Å². The molecule has 2 unspecified atom stereocenters. The second kappa shape index (κ2) is 12.5. The highest BCUT2D eigenvalue weighted by atomic mass is 127. The predicted molar refractivity (Wildman–Crippen MR) is 138 cm³/mol. The van der Waals surface area contributed by atoms with Crippen LogP contribution in [0, 0.1) is 12.8 Å². The van der Waals surface area contributed by atoms with Crippen LogP contribution in [0.25, 0.3) is 0 Å². The number of pyridine rings is 1. The molecule has 31 heavy (non-hydrogen) atoms. The predicted octanol–water partition coefficient (Wildman–Crippen LogP) is 3.18. The van der Waals surface area contributed by atoms with Gasteiger partial charge in [0.15, 0.2) is 5.96 Å². The van der Waals surface area contributed by atoms with E-state index in [1.54, 1.807) is 19.0 Å². The van der Waals surface area contributed by atoms with E-state index in [1.165, 1.54) is 25.7 Å². The number of aromatic nitrogens is 1. The van der Waals surface area contributed by atoms with Gasteiger partial charge in [-0.3, -0.25) is 4.79 Å². The molecule has 3 rings (SSSR count). The van der Waals surface area contributed by atoms with Crippen LogP contribution in [-0.4, -0.2) is 67.6 Å². The number of hydrogen-bond acceptors (Lipinski definition) is 4. The molecule has 1 saturated carbocycles. The van der Waals surface area contributed by atoms with E-state index in [9.17, 15) is 4.79 Å². The first kappa shape index (κ1) is 25.7. The van der Waals surface area contributed by atoms with Crippen molar-refractivity contribution < 1.29 is 4.79 Å². The second-order valence-corrected chi connectivity index (χ2v) is 9.01. The molecule has 1 aliphatic heterocycles. The Labute approximate surface area is 204 Å². The molecule has 0 radical (unpaired) electrons. The highest BCUT2D eigenvalue weighted by molar-refractivity contribution is 14.0. The van der Waals surface area contributed by atoms with Crippen molar-refractivity contribution in [1.82, 2.24) is 20.5 Å². The van der Waals surface area contributed by atoms with Gasteiger partial charge in [0.25, 0.3) is 0 Å². The summed E-state index contributed by atoms with van der Waals surface area (Å²) in [5.41, 5.74) is 1.05. The number of rotatable bonds is 5. The van der Waals surface area contributed by atoms with Gasteiger partial charge in [0.05, 0.1) is 0 Å². The molecule has 0 spiro atoms. The van der Waals surface area contributed by atoms with Gasteiger partial charge in [0.1, 0.15) is 12.4 Å². The van der Waals surface area contributed by atoms with Crippen LogP contribution in [0.3, 0.4) is 0 Å². The summed E-state index contributed by atoms with van der Waals surface area (Å²) in [5, 5.41) is 7.26. The molecular weight excluding hydrogens is 503 g/mol. The summed E-state index contributed by atoms with van der Waals surface area (Å²) in [6.45, 7) is 6.46.